The lowest BCUT2D eigenvalue weighted by atomic mass is 9.51. The molecule has 0 radical (unpaired) electrons. The monoisotopic (exact) mass is 334 g/mol. The molecule has 0 saturated heterocycles. The third-order valence-electron chi connectivity index (χ3n) is 7.22. The summed E-state index contributed by atoms with van der Waals surface area (Å²) in [6.45, 7) is 21.5. The summed E-state index contributed by atoms with van der Waals surface area (Å²) in [6.07, 6.45) is 9.06. The van der Waals surface area contributed by atoms with Crippen LogP contribution in [0.15, 0.2) is 23.8 Å². The van der Waals surface area contributed by atoms with Crippen molar-refractivity contribution in [2.75, 3.05) is 6.61 Å². The zero-order valence-electron chi connectivity index (χ0n) is 16.6. The van der Waals surface area contributed by atoms with E-state index >= 15 is 0 Å². The molecule has 2 aliphatic carbocycles. The van der Waals surface area contributed by atoms with Gasteiger partial charge in [0.1, 0.15) is 0 Å². The Hall–Kier alpha value is -0.343. The molecule has 1 fully saturated rings. The minimum absolute atomic E-state index is 0.304. The fraction of sp³-hybridized carbons (Fsp3) is 0.810. The van der Waals surface area contributed by atoms with E-state index in [2.05, 4.69) is 60.4 Å². The van der Waals surface area contributed by atoms with Gasteiger partial charge in [-0.2, -0.15) is 0 Å². The number of hydrogen-bond donors (Lipinski definition) is 0. The second-order valence-electron chi connectivity index (χ2n) is 9.83. The van der Waals surface area contributed by atoms with Crippen LogP contribution in [0.1, 0.15) is 66.7 Å². The van der Waals surface area contributed by atoms with Crippen molar-refractivity contribution in [3.05, 3.63) is 23.8 Å². The molecule has 0 aromatic carbocycles. The Morgan fingerprint density at radius 1 is 1.35 bits per heavy atom. The summed E-state index contributed by atoms with van der Waals surface area (Å²) in [5.41, 5.74) is 3.45. The van der Waals surface area contributed by atoms with Gasteiger partial charge >= 0.3 is 0 Å². The Balaban J connectivity index is 1.91. The maximum absolute atomic E-state index is 6.41. The minimum Gasteiger partial charge on any atom is -0.413 e. The van der Waals surface area contributed by atoms with Crippen LogP contribution in [0.4, 0.5) is 0 Å². The van der Waals surface area contributed by atoms with Crippen molar-refractivity contribution in [1.82, 2.24) is 0 Å². The Kier molecular flexibility index (Phi) is 5.38. The molecule has 0 spiro atoms. The van der Waals surface area contributed by atoms with Crippen molar-refractivity contribution in [3.63, 3.8) is 0 Å². The third kappa shape index (κ3) is 3.84. The molecule has 2 aliphatic rings. The predicted molar refractivity (Wildman–Crippen MR) is 104 cm³/mol. The van der Waals surface area contributed by atoms with Gasteiger partial charge in [-0.25, -0.2) is 0 Å². The molecule has 0 bridgehead atoms. The Morgan fingerprint density at radius 3 is 2.39 bits per heavy atom. The van der Waals surface area contributed by atoms with Gasteiger partial charge in [-0.15, -0.1) is 0 Å². The van der Waals surface area contributed by atoms with Crippen LogP contribution < -0.4 is 0 Å². The normalized spacial score (nSPS) is 32.2. The number of allylic oxidation sites excluding steroid dienone is 2. The SMILES string of the molecule is C=C(C)[C@@H]1CC[C@@]1(C)[C@@H]1CC=C(CO[Si](C)(C)C(C)(C)C)CC1. The Labute approximate surface area is 145 Å². The summed E-state index contributed by atoms with van der Waals surface area (Å²) >= 11 is 0. The van der Waals surface area contributed by atoms with Crippen LogP contribution in [0.25, 0.3) is 0 Å². The van der Waals surface area contributed by atoms with Gasteiger partial charge in [0.15, 0.2) is 8.32 Å². The standard InChI is InChI=1S/C21H38OSi/c1-16(2)19-13-14-21(19,6)18-11-9-17(10-12-18)15-22-23(7,8)20(3,4)5/h9,18-19H,1,10-15H2,2-8H3/t18-,19+,21+/m1/s1. The largest absolute Gasteiger partial charge is 0.413 e. The molecule has 0 aromatic rings. The van der Waals surface area contributed by atoms with Crippen molar-refractivity contribution < 1.29 is 4.43 Å². The molecule has 23 heavy (non-hydrogen) atoms. The predicted octanol–water partition coefficient (Wildman–Crippen LogP) is 6.73. The molecular formula is C21H38OSi. The van der Waals surface area contributed by atoms with Crippen LogP contribution in [0.5, 0.6) is 0 Å². The highest BCUT2D eigenvalue weighted by Crippen LogP contribution is 2.57. The second kappa shape index (κ2) is 6.52. The van der Waals surface area contributed by atoms with Crippen LogP contribution in [-0.2, 0) is 4.43 Å². The molecule has 0 aliphatic heterocycles. The first-order chi connectivity index (χ1) is 10.5. The van der Waals surface area contributed by atoms with E-state index in [-0.39, 0.29) is 0 Å². The highest BCUT2D eigenvalue weighted by atomic mass is 28.4. The van der Waals surface area contributed by atoms with E-state index in [4.69, 9.17) is 4.43 Å². The fourth-order valence-electron chi connectivity index (χ4n) is 4.15. The van der Waals surface area contributed by atoms with Gasteiger partial charge in [0.2, 0.25) is 0 Å². The van der Waals surface area contributed by atoms with Crippen LogP contribution in [0, 0.1) is 17.3 Å². The molecule has 132 valence electrons. The van der Waals surface area contributed by atoms with Crippen molar-refractivity contribution in [2.24, 2.45) is 17.3 Å². The van der Waals surface area contributed by atoms with E-state index in [0.717, 1.165) is 18.4 Å². The molecule has 2 heteroatoms. The molecule has 0 aromatic heterocycles. The summed E-state index contributed by atoms with van der Waals surface area (Å²) < 4.78 is 6.41. The third-order valence-corrected chi connectivity index (χ3v) is 11.7. The number of rotatable bonds is 5. The lowest BCUT2D eigenvalue weighted by Gasteiger charge is -2.53. The van der Waals surface area contributed by atoms with Crippen molar-refractivity contribution in [1.29, 1.82) is 0 Å². The summed E-state index contributed by atoms with van der Waals surface area (Å²) in [7, 11) is -1.62. The fourth-order valence-corrected chi connectivity index (χ4v) is 5.13. The van der Waals surface area contributed by atoms with E-state index in [9.17, 15) is 0 Å². The first kappa shape index (κ1) is 19.0. The Bertz CT molecular complexity index is 483. The maximum Gasteiger partial charge on any atom is 0.192 e. The zero-order valence-corrected chi connectivity index (χ0v) is 17.6. The molecular weight excluding hydrogens is 296 g/mol. The molecule has 0 heterocycles. The van der Waals surface area contributed by atoms with Gasteiger partial charge in [0.25, 0.3) is 0 Å². The van der Waals surface area contributed by atoms with Crippen LogP contribution in [-0.4, -0.2) is 14.9 Å². The second-order valence-corrected chi connectivity index (χ2v) is 14.6. The molecule has 2 rings (SSSR count). The van der Waals surface area contributed by atoms with E-state index in [1.165, 1.54) is 37.7 Å². The van der Waals surface area contributed by atoms with E-state index in [0.29, 0.717) is 10.5 Å². The zero-order chi connectivity index (χ0) is 17.5. The van der Waals surface area contributed by atoms with E-state index in [1.54, 1.807) is 5.57 Å². The van der Waals surface area contributed by atoms with Gasteiger partial charge in [-0.3, -0.25) is 0 Å². The first-order valence-electron chi connectivity index (χ1n) is 9.44. The van der Waals surface area contributed by atoms with Crippen molar-refractivity contribution in [2.45, 2.75) is 84.9 Å². The molecule has 0 amide bonds. The summed E-state index contributed by atoms with van der Waals surface area (Å²) in [6, 6.07) is 0. The van der Waals surface area contributed by atoms with Crippen molar-refractivity contribution in [3.8, 4) is 0 Å². The maximum atomic E-state index is 6.41. The van der Waals surface area contributed by atoms with Crippen LogP contribution >= 0.6 is 0 Å². The molecule has 1 saturated carbocycles. The molecule has 0 unspecified atom stereocenters. The van der Waals surface area contributed by atoms with Gasteiger partial charge in [0, 0.05) is 0 Å². The summed E-state index contributed by atoms with van der Waals surface area (Å²) in [5, 5.41) is 0.304. The average molecular weight is 335 g/mol. The van der Waals surface area contributed by atoms with Crippen LogP contribution in [0.2, 0.25) is 18.1 Å². The first-order valence-corrected chi connectivity index (χ1v) is 12.4. The summed E-state index contributed by atoms with van der Waals surface area (Å²) in [4.78, 5) is 0. The number of hydrogen-bond acceptors (Lipinski definition) is 1. The van der Waals surface area contributed by atoms with E-state index in [1.807, 2.05) is 0 Å². The lowest BCUT2D eigenvalue weighted by Crippen LogP contribution is -2.45. The van der Waals surface area contributed by atoms with Crippen molar-refractivity contribution >= 4 is 8.32 Å². The molecule has 3 atom stereocenters. The lowest BCUT2D eigenvalue weighted by molar-refractivity contribution is 0.00313. The average Bonchev–Trinajstić information content (AvgIpc) is 2.42. The Morgan fingerprint density at radius 2 is 2.00 bits per heavy atom. The van der Waals surface area contributed by atoms with Gasteiger partial charge in [0.05, 0.1) is 6.61 Å². The van der Waals surface area contributed by atoms with Gasteiger partial charge in [-0.1, -0.05) is 45.9 Å². The topological polar surface area (TPSA) is 9.23 Å². The quantitative estimate of drug-likeness (QED) is 0.400. The molecule has 1 nitrogen and oxygen atoms in total. The highest BCUT2D eigenvalue weighted by molar-refractivity contribution is 6.74. The van der Waals surface area contributed by atoms with Crippen LogP contribution in [0.3, 0.4) is 0 Å². The minimum atomic E-state index is -1.62. The smallest absolute Gasteiger partial charge is 0.192 e. The van der Waals surface area contributed by atoms with E-state index < -0.39 is 8.32 Å². The molecule has 0 N–H and O–H groups in total. The van der Waals surface area contributed by atoms with Gasteiger partial charge in [-0.05, 0) is 80.0 Å². The summed E-state index contributed by atoms with van der Waals surface area (Å²) in [5.74, 6) is 1.60. The van der Waals surface area contributed by atoms with Gasteiger partial charge < -0.3 is 4.43 Å². The highest BCUT2D eigenvalue weighted by Gasteiger charge is 2.48.